The van der Waals surface area contributed by atoms with Crippen molar-refractivity contribution >= 4 is 32.6 Å². The molecule has 1 saturated heterocycles. The molecule has 1 fully saturated rings. The number of piperidine rings is 1. The van der Waals surface area contributed by atoms with Crippen LogP contribution in [0.3, 0.4) is 0 Å². The van der Waals surface area contributed by atoms with Crippen LogP contribution in [0.1, 0.15) is 39.2 Å². The van der Waals surface area contributed by atoms with Gasteiger partial charge in [0.15, 0.2) is 5.13 Å². The number of amides is 1. The number of thiazole rings is 1. The number of likely N-dealkylation sites (tertiary alicyclic amines) is 1. The summed E-state index contributed by atoms with van der Waals surface area (Å²) in [6, 6.07) is 5.70. The van der Waals surface area contributed by atoms with Crippen LogP contribution in [0, 0.1) is 5.41 Å². The number of rotatable bonds is 4. The van der Waals surface area contributed by atoms with Gasteiger partial charge in [0.1, 0.15) is 0 Å². The summed E-state index contributed by atoms with van der Waals surface area (Å²) in [5.74, 6) is 0. The molecule has 1 aliphatic heterocycles. The first-order valence-corrected chi connectivity index (χ1v) is 11.5. The minimum Gasteiger partial charge on any atom is -0.465 e. The van der Waals surface area contributed by atoms with Crippen LogP contribution in [0.4, 0.5) is 9.93 Å². The standard InChI is InChI=1S/C19H25N3O5S2/c1-18(2,3)15-12-19(25,8-10-22(15)17(23)24)13-4-6-14(7-5-13)29(26,27)21-16-20-9-11-28-16/h4-7,9,11,15,25H,8,10,12H2,1-3H3,(H,20,21)(H,23,24). The molecule has 29 heavy (non-hydrogen) atoms. The maximum atomic E-state index is 12.5. The highest BCUT2D eigenvalue weighted by atomic mass is 32.2. The molecule has 1 aromatic carbocycles. The second-order valence-electron chi connectivity index (χ2n) is 8.31. The van der Waals surface area contributed by atoms with Gasteiger partial charge in [0, 0.05) is 30.6 Å². The van der Waals surface area contributed by atoms with Crippen LogP contribution >= 0.6 is 11.3 Å². The van der Waals surface area contributed by atoms with E-state index in [1.165, 1.54) is 34.6 Å². The van der Waals surface area contributed by atoms with E-state index in [9.17, 15) is 23.4 Å². The van der Waals surface area contributed by atoms with Crippen LogP contribution in [0.15, 0.2) is 40.7 Å². The lowest BCUT2D eigenvalue weighted by atomic mass is 9.73. The van der Waals surface area contributed by atoms with Crippen LogP contribution in [0.2, 0.25) is 0 Å². The zero-order chi connectivity index (χ0) is 21.4. The van der Waals surface area contributed by atoms with Gasteiger partial charge in [0.2, 0.25) is 0 Å². The molecule has 3 rings (SSSR count). The van der Waals surface area contributed by atoms with E-state index in [-0.39, 0.29) is 40.9 Å². The van der Waals surface area contributed by atoms with E-state index in [1.807, 2.05) is 20.8 Å². The topological polar surface area (TPSA) is 120 Å². The number of hydrogen-bond donors (Lipinski definition) is 3. The van der Waals surface area contributed by atoms with Crippen LogP contribution in [-0.2, 0) is 15.6 Å². The van der Waals surface area contributed by atoms with Crippen LogP contribution < -0.4 is 4.72 Å². The van der Waals surface area contributed by atoms with Crippen molar-refractivity contribution in [1.29, 1.82) is 0 Å². The Morgan fingerprint density at radius 2 is 1.97 bits per heavy atom. The molecular formula is C19H25N3O5S2. The molecule has 0 bridgehead atoms. The molecule has 8 nitrogen and oxygen atoms in total. The molecule has 2 unspecified atom stereocenters. The third-order valence-electron chi connectivity index (χ3n) is 5.27. The quantitative estimate of drug-likeness (QED) is 0.672. The van der Waals surface area contributed by atoms with Gasteiger partial charge in [0.05, 0.1) is 10.5 Å². The number of aliphatic hydroxyl groups is 1. The predicted octanol–water partition coefficient (Wildman–Crippen LogP) is 3.32. The average molecular weight is 440 g/mol. The van der Waals surface area contributed by atoms with Gasteiger partial charge in [-0.15, -0.1) is 11.3 Å². The summed E-state index contributed by atoms with van der Waals surface area (Å²) in [4.78, 5) is 17.0. The van der Waals surface area contributed by atoms with E-state index < -0.39 is 21.7 Å². The fraction of sp³-hybridized carbons (Fsp3) is 0.474. The summed E-state index contributed by atoms with van der Waals surface area (Å²) < 4.78 is 27.4. The molecule has 2 aromatic rings. The van der Waals surface area contributed by atoms with Crippen molar-refractivity contribution < 1.29 is 23.4 Å². The monoisotopic (exact) mass is 439 g/mol. The van der Waals surface area contributed by atoms with E-state index in [1.54, 1.807) is 17.5 Å². The largest absolute Gasteiger partial charge is 0.465 e. The van der Waals surface area contributed by atoms with E-state index >= 15 is 0 Å². The Labute approximate surface area is 174 Å². The number of benzene rings is 1. The summed E-state index contributed by atoms with van der Waals surface area (Å²) >= 11 is 1.18. The molecular weight excluding hydrogens is 414 g/mol. The first-order chi connectivity index (χ1) is 13.4. The van der Waals surface area contributed by atoms with Crippen molar-refractivity contribution in [3.8, 4) is 0 Å². The van der Waals surface area contributed by atoms with Gasteiger partial charge in [-0.2, -0.15) is 0 Å². The average Bonchev–Trinajstić information content (AvgIpc) is 3.13. The summed E-state index contributed by atoms with van der Waals surface area (Å²) in [7, 11) is -3.77. The molecule has 3 N–H and O–H groups in total. The van der Waals surface area contributed by atoms with E-state index in [4.69, 9.17) is 0 Å². The fourth-order valence-corrected chi connectivity index (χ4v) is 5.44. The van der Waals surface area contributed by atoms with Crippen molar-refractivity contribution in [1.82, 2.24) is 9.88 Å². The van der Waals surface area contributed by atoms with Crippen molar-refractivity contribution in [2.45, 2.75) is 50.2 Å². The highest BCUT2D eigenvalue weighted by Gasteiger charge is 2.45. The van der Waals surface area contributed by atoms with Gasteiger partial charge in [-0.25, -0.2) is 18.2 Å². The smallest absolute Gasteiger partial charge is 0.407 e. The molecule has 0 spiro atoms. The normalized spacial score (nSPS) is 23.0. The maximum Gasteiger partial charge on any atom is 0.407 e. The molecule has 2 heterocycles. The molecule has 10 heteroatoms. The fourth-order valence-electron chi connectivity index (χ4n) is 3.65. The van der Waals surface area contributed by atoms with Gasteiger partial charge in [-0.3, -0.25) is 4.72 Å². The molecule has 1 aliphatic rings. The second-order valence-corrected chi connectivity index (χ2v) is 10.9. The first kappa shape index (κ1) is 21.5. The predicted molar refractivity (Wildman–Crippen MR) is 110 cm³/mol. The van der Waals surface area contributed by atoms with Crippen molar-refractivity contribution in [3.63, 3.8) is 0 Å². The van der Waals surface area contributed by atoms with E-state index in [0.717, 1.165) is 0 Å². The third kappa shape index (κ3) is 4.54. The first-order valence-electron chi connectivity index (χ1n) is 9.17. The lowest BCUT2D eigenvalue weighted by Crippen LogP contribution is -2.55. The summed E-state index contributed by atoms with van der Waals surface area (Å²) in [6.07, 6.45) is 0.999. The molecule has 0 radical (unpaired) electrons. The molecule has 2 atom stereocenters. The zero-order valence-corrected chi connectivity index (χ0v) is 18.1. The van der Waals surface area contributed by atoms with Crippen molar-refractivity contribution in [3.05, 3.63) is 41.4 Å². The second kappa shape index (κ2) is 7.58. The van der Waals surface area contributed by atoms with Crippen molar-refractivity contribution in [2.75, 3.05) is 11.3 Å². The summed E-state index contributed by atoms with van der Waals surface area (Å²) in [5, 5.41) is 22.7. The van der Waals surface area contributed by atoms with Gasteiger partial charge < -0.3 is 15.1 Å². The maximum absolute atomic E-state index is 12.5. The molecule has 158 valence electrons. The van der Waals surface area contributed by atoms with Crippen LogP contribution in [0.25, 0.3) is 0 Å². The summed E-state index contributed by atoms with van der Waals surface area (Å²) in [5.41, 5.74) is -1.01. The minimum absolute atomic E-state index is 0.0652. The highest BCUT2D eigenvalue weighted by Crippen LogP contribution is 2.42. The number of aromatic nitrogens is 1. The van der Waals surface area contributed by atoms with Crippen LogP contribution in [-0.4, -0.2) is 47.2 Å². The van der Waals surface area contributed by atoms with Gasteiger partial charge in [-0.1, -0.05) is 32.9 Å². The number of anilines is 1. The Morgan fingerprint density at radius 1 is 1.31 bits per heavy atom. The molecule has 0 saturated carbocycles. The Bertz CT molecular complexity index is 968. The Morgan fingerprint density at radius 3 is 2.48 bits per heavy atom. The van der Waals surface area contributed by atoms with Gasteiger partial charge in [-0.05, 0) is 29.5 Å². The lowest BCUT2D eigenvalue weighted by Gasteiger charge is -2.48. The Kier molecular flexibility index (Phi) is 5.63. The van der Waals surface area contributed by atoms with Gasteiger partial charge >= 0.3 is 6.09 Å². The lowest BCUT2D eigenvalue weighted by molar-refractivity contribution is -0.0687. The Hall–Kier alpha value is -2.17. The molecule has 0 aliphatic carbocycles. The Balaban J connectivity index is 1.84. The van der Waals surface area contributed by atoms with Crippen molar-refractivity contribution in [2.24, 2.45) is 5.41 Å². The zero-order valence-electron chi connectivity index (χ0n) is 16.5. The number of nitrogens with zero attached hydrogens (tertiary/aromatic N) is 2. The minimum atomic E-state index is -3.77. The highest BCUT2D eigenvalue weighted by molar-refractivity contribution is 7.93. The van der Waals surface area contributed by atoms with E-state index in [0.29, 0.717) is 5.56 Å². The number of hydrogen-bond acceptors (Lipinski definition) is 6. The number of sulfonamides is 1. The van der Waals surface area contributed by atoms with Crippen LogP contribution in [0.5, 0.6) is 0 Å². The third-order valence-corrected chi connectivity index (χ3v) is 7.45. The van der Waals surface area contributed by atoms with E-state index in [2.05, 4.69) is 9.71 Å². The number of carbonyl (C=O) groups is 1. The summed E-state index contributed by atoms with van der Waals surface area (Å²) in [6.45, 7) is 6.04. The SMILES string of the molecule is CC(C)(C)C1CC(O)(c2ccc(S(=O)(=O)Nc3nccs3)cc2)CCN1C(=O)O. The molecule has 1 aromatic heterocycles. The number of carboxylic acid groups (broad SMARTS) is 1. The van der Waals surface area contributed by atoms with Gasteiger partial charge in [0.25, 0.3) is 10.0 Å². The molecule has 1 amide bonds. The number of nitrogens with one attached hydrogen (secondary N) is 1.